The Bertz CT molecular complexity index is 340. The summed E-state index contributed by atoms with van der Waals surface area (Å²) in [5, 5.41) is 3.09. The quantitative estimate of drug-likeness (QED) is 0.717. The highest BCUT2D eigenvalue weighted by Gasteiger charge is 2.30. The van der Waals surface area contributed by atoms with E-state index in [9.17, 15) is 13.2 Å². The van der Waals surface area contributed by atoms with Gasteiger partial charge in [0.1, 0.15) is 0 Å². The van der Waals surface area contributed by atoms with Crippen LogP contribution in [0.3, 0.4) is 0 Å². The van der Waals surface area contributed by atoms with Crippen LogP contribution in [0.2, 0.25) is 0 Å². The Morgan fingerprint density at radius 1 is 1.44 bits per heavy atom. The minimum absolute atomic E-state index is 0.0353. The first-order valence-corrected chi connectivity index (χ1v) is 7.55. The maximum absolute atomic E-state index is 11.8. The molecule has 6 heteroatoms. The van der Waals surface area contributed by atoms with Crippen LogP contribution in [-0.2, 0) is 14.6 Å². The largest absolute Gasteiger partial charge is 0.328 e. The van der Waals surface area contributed by atoms with E-state index in [1.165, 1.54) is 0 Å². The number of sulfone groups is 1. The number of hydrogen-bond donors (Lipinski definition) is 1. The van der Waals surface area contributed by atoms with E-state index < -0.39 is 9.84 Å². The van der Waals surface area contributed by atoms with Crippen molar-refractivity contribution in [3.8, 4) is 0 Å². The third-order valence-corrected chi connectivity index (χ3v) is 4.51. The van der Waals surface area contributed by atoms with Crippen LogP contribution in [0.15, 0.2) is 0 Å². The fraction of sp³-hybridized carbons (Fsp3) is 0.900. The number of amides is 1. The van der Waals surface area contributed by atoms with Crippen LogP contribution >= 0.6 is 0 Å². The Morgan fingerprint density at radius 3 is 2.69 bits per heavy atom. The van der Waals surface area contributed by atoms with Gasteiger partial charge in [-0.05, 0) is 6.42 Å². The Kier molecular flexibility index (Phi) is 4.73. The first kappa shape index (κ1) is 13.4. The standard InChI is InChI=1S/C10H20N2O3S/c1-3-5-9-10(13)12(8-11-9)6-7-16(14,15)4-2/h9,11H,3-8H2,1-2H3. The molecule has 0 spiro atoms. The summed E-state index contributed by atoms with van der Waals surface area (Å²) in [5.41, 5.74) is 0. The zero-order valence-corrected chi connectivity index (χ0v) is 10.7. The molecule has 1 unspecified atom stereocenters. The number of nitrogens with zero attached hydrogens (tertiary/aromatic N) is 1. The lowest BCUT2D eigenvalue weighted by molar-refractivity contribution is -0.128. The summed E-state index contributed by atoms with van der Waals surface area (Å²) in [6.07, 6.45) is 1.76. The van der Waals surface area contributed by atoms with Crippen molar-refractivity contribution < 1.29 is 13.2 Å². The number of nitrogens with one attached hydrogen (secondary N) is 1. The van der Waals surface area contributed by atoms with Crippen LogP contribution in [0.25, 0.3) is 0 Å². The maximum atomic E-state index is 11.8. The predicted molar refractivity (Wildman–Crippen MR) is 62.7 cm³/mol. The molecule has 1 fully saturated rings. The third kappa shape index (κ3) is 3.45. The molecular weight excluding hydrogens is 228 g/mol. The van der Waals surface area contributed by atoms with E-state index >= 15 is 0 Å². The minimum Gasteiger partial charge on any atom is -0.328 e. The molecule has 0 aliphatic carbocycles. The van der Waals surface area contributed by atoms with Crippen molar-refractivity contribution in [3.05, 3.63) is 0 Å². The maximum Gasteiger partial charge on any atom is 0.240 e. The molecule has 1 aliphatic rings. The van der Waals surface area contributed by atoms with Gasteiger partial charge in [-0.3, -0.25) is 10.1 Å². The molecule has 94 valence electrons. The van der Waals surface area contributed by atoms with Crippen molar-refractivity contribution in [2.75, 3.05) is 24.7 Å². The Hall–Kier alpha value is -0.620. The van der Waals surface area contributed by atoms with E-state index in [0.717, 1.165) is 12.8 Å². The monoisotopic (exact) mass is 248 g/mol. The Balaban J connectivity index is 2.43. The van der Waals surface area contributed by atoms with Crippen molar-refractivity contribution in [1.82, 2.24) is 10.2 Å². The Morgan fingerprint density at radius 2 is 2.12 bits per heavy atom. The van der Waals surface area contributed by atoms with Crippen molar-refractivity contribution in [1.29, 1.82) is 0 Å². The molecule has 0 aromatic carbocycles. The van der Waals surface area contributed by atoms with Gasteiger partial charge >= 0.3 is 0 Å². The molecule has 1 atom stereocenters. The molecule has 0 aromatic rings. The van der Waals surface area contributed by atoms with Gasteiger partial charge in [0.05, 0.1) is 18.5 Å². The summed E-state index contributed by atoms with van der Waals surface area (Å²) in [6.45, 7) is 4.43. The van der Waals surface area contributed by atoms with Crippen molar-refractivity contribution in [2.45, 2.75) is 32.7 Å². The summed E-state index contributed by atoms with van der Waals surface area (Å²) >= 11 is 0. The topological polar surface area (TPSA) is 66.5 Å². The van der Waals surface area contributed by atoms with Crippen molar-refractivity contribution in [3.63, 3.8) is 0 Å². The second kappa shape index (κ2) is 5.63. The van der Waals surface area contributed by atoms with E-state index in [0.29, 0.717) is 13.2 Å². The lowest BCUT2D eigenvalue weighted by Crippen LogP contribution is -2.34. The second-order valence-corrected chi connectivity index (χ2v) is 6.51. The van der Waals surface area contributed by atoms with Gasteiger partial charge in [0.15, 0.2) is 9.84 Å². The van der Waals surface area contributed by atoms with Crippen LogP contribution < -0.4 is 5.32 Å². The highest BCUT2D eigenvalue weighted by molar-refractivity contribution is 7.91. The predicted octanol–water partition coefficient (Wildman–Crippen LogP) is -0.0209. The zero-order valence-electron chi connectivity index (χ0n) is 9.90. The molecule has 1 rings (SSSR count). The first-order valence-electron chi connectivity index (χ1n) is 5.72. The van der Waals surface area contributed by atoms with E-state index in [4.69, 9.17) is 0 Å². The van der Waals surface area contributed by atoms with Crippen LogP contribution in [0.1, 0.15) is 26.7 Å². The molecule has 0 bridgehead atoms. The van der Waals surface area contributed by atoms with Crippen LogP contribution in [0, 0.1) is 0 Å². The van der Waals surface area contributed by atoms with Gasteiger partial charge in [0.2, 0.25) is 5.91 Å². The number of rotatable bonds is 6. The summed E-state index contributed by atoms with van der Waals surface area (Å²) in [7, 11) is -2.98. The van der Waals surface area contributed by atoms with Gasteiger partial charge in [-0.1, -0.05) is 20.3 Å². The van der Waals surface area contributed by atoms with Crippen LogP contribution in [0.4, 0.5) is 0 Å². The first-order chi connectivity index (χ1) is 7.50. The minimum atomic E-state index is -2.98. The zero-order chi connectivity index (χ0) is 12.2. The summed E-state index contributed by atoms with van der Waals surface area (Å²) in [4.78, 5) is 13.4. The fourth-order valence-corrected chi connectivity index (χ4v) is 2.49. The third-order valence-electron chi connectivity index (χ3n) is 2.83. The summed E-state index contributed by atoms with van der Waals surface area (Å²) < 4.78 is 22.6. The van der Waals surface area contributed by atoms with Gasteiger partial charge < -0.3 is 4.90 Å². The van der Waals surface area contributed by atoms with E-state index in [2.05, 4.69) is 5.32 Å². The molecule has 5 nitrogen and oxygen atoms in total. The van der Waals surface area contributed by atoms with Crippen LogP contribution in [0.5, 0.6) is 0 Å². The van der Waals surface area contributed by atoms with Gasteiger partial charge in [-0.25, -0.2) is 8.42 Å². The van der Waals surface area contributed by atoms with Gasteiger partial charge in [0.25, 0.3) is 0 Å². The normalized spacial score (nSPS) is 21.8. The number of carbonyl (C=O) groups excluding carboxylic acids is 1. The molecule has 1 heterocycles. The molecule has 0 radical (unpaired) electrons. The van der Waals surface area contributed by atoms with Gasteiger partial charge in [0, 0.05) is 12.3 Å². The SMILES string of the molecule is CCCC1NCN(CCS(=O)(=O)CC)C1=O. The second-order valence-electron chi connectivity index (χ2n) is 4.04. The molecule has 0 aromatic heterocycles. The average molecular weight is 248 g/mol. The molecule has 0 saturated carbocycles. The summed E-state index contributed by atoms with van der Waals surface area (Å²) in [5.74, 6) is 0.240. The van der Waals surface area contributed by atoms with E-state index in [-0.39, 0.29) is 23.5 Å². The average Bonchev–Trinajstić information content (AvgIpc) is 2.59. The summed E-state index contributed by atoms with van der Waals surface area (Å²) in [6, 6.07) is -0.116. The molecule has 1 N–H and O–H groups in total. The lowest BCUT2D eigenvalue weighted by Gasteiger charge is -2.14. The highest BCUT2D eigenvalue weighted by atomic mass is 32.2. The van der Waals surface area contributed by atoms with Crippen molar-refractivity contribution >= 4 is 15.7 Å². The molecular formula is C10H20N2O3S. The van der Waals surface area contributed by atoms with Crippen LogP contribution in [-0.4, -0.2) is 50.0 Å². The molecule has 1 amide bonds. The molecule has 16 heavy (non-hydrogen) atoms. The van der Waals surface area contributed by atoms with Gasteiger partial charge in [-0.15, -0.1) is 0 Å². The van der Waals surface area contributed by atoms with E-state index in [1.807, 2.05) is 6.92 Å². The highest BCUT2D eigenvalue weighted by Crippen LogP contribution is 2.08. The Labute approximate surface area is 97.1 Å². The smallest absolute Gasteiger partial charge is 0.240 e. The molecule has 1 saturated heterocycles. The van der Waals surface area contributed by atoms with Crippen molar-refractivity contribution in [2.24, 2.45) is 0 Å². The molecule has 1 aliphatic heterocycles. The number of hydrogen-bond acceptors (Lipinski definition) is 4. The van der Waals surface area contributed by atoms with E-state index in [1.54, 1.807) is 11.8 Å². The number of carbonyl (C=O) groups is 1. The lowest BCUT2D eigenvalue weighted by atomic mass is 10.2. The fourth-order valence-electron chi connectivity index (χ4n) is 1.70. The van der Waals surface area contributed by atoms with Gasteiger partial charge in [-0.2, -0.15) is 0 Å².